The Kier molecular flexibility index (Phi) is 3.61. The fourth-order valence-corrected chi connectivity index (χ4v) is 3.20. The summed E-state index contributed by atoms with van der Waals surface area (Å²) >= 11 is 13.7. The molecular formula is C12H12Cl2N2S. The summed E-state index contributed by atoms with van der Waals surface area (Å²) in [5.41, 5.74) is 7.67. The third kappa shape index (κ3) is 2.41. The van der Waals surface area contributed by atoms with E-state index in [2.05, 4.69) is 11.9 Å². The van der Waals surface area contributed by atoms with Crippen molar-refractivity contribution in [1.29, 1.82) is 0 Å². The fraction of sp³-hybridized carbons (Fsp3) is 0.250. The fourth-order valence-electron chi connectivity index (χ4n) is 1.83. The molecule has 0 bridgehead atoms. The topological polar surface area (TPSA) is 38.9 Å². The van der Waals surface area contributed by atoms with Crippen LogP contribution in [0.4, 0.5) is 5.13 Å². The summed E-state index contributed by atoms with van der Waals surface area (Å²) in [4.78, 5) is 5.36. The highest BCUT2D eigenvalue weighted by atomic mass is 35.5. The van der Waals surface area contributed by atoms with Crippen molar-refractivity contribution < 1.29 is 0 Å². The van der Waals surface area contributed by atoms with Gasteiger partial charge in [-0.1, -0.05) is 42.3 Å². The van der Waals surface area contributed by atoms with Crippen molar-refractivity contribution in [2.24, 2.45) is 0 Å². The summed E-state index contributed by atoms with van der Waals surface area (Å²) in [7, 11) is 0. The lowest BCUT2D eigenvalue weighted by Crippen LogP contribution is -1.97. The molecule has 0 amide bonds. The molecule has 2 nitrogen and oxygen atoms in total. The maximum absolute atomic E-state index is 6.22. The Morgan fingerprint density at radius 3 is 2.65 bits per heavy atom. The van der Waals surface area contributed by atoms with Gasteiger partial charge in [-0.15, -0.1) is 11.3 Å². The van der Waals surface area contributed by atoms with Gasteiger partial charge in [0, 0.05) is 10.8 Å². The van der Waals surface area contributed by atoms with Crippen LogP contribution >= 0.6 is 34.5 Å². The van der Waals surface area contributed by atoms with Gasteiger partial charge in [0.15, 0.2) is 5.13 Å². The molecular weight excluding hydrogens is 275 g/mol. The van der Waals surface area contributed by atoms with Gasteiger partial charge in [0.2, 0.25) is 0 Å². The number of anilines is 1. The average molecular weight is 287 g/mol. The molecule has 0 aliphatic carbocycles. The SMILES string of the molecule is Cc1nc(N)sc1C(C)c1cccc(Cl)c1Cl. The molecule has 90 valence electrons. The molecule has 1 heterocycles. The second-order valence-electron chi connectivity index (χ2n) is 3.87. The number of hydrogen-bond donors (Lipinski definition) is 1. The number of aromatic nitrogens is 1. The number of rotatable bonds is 2. The predicted octanol–water partition coefficient (Wildman–Crippen LogP) is 4.49. The van der Waals surface area contributed by atoms with Crippen LogP contribution in [-0.2, 0) is 0 Å². The van der Waals surface area contributed by atoms with Gasteiger partial charge >= 0.3 is 0 Å². The smallest absolute Gasteiger partial charge is 0.180 e. The quantitative estimate of drug-likeness (QED) is 0.883. The third-order valence-corrected chi connectivity index (χ3v) is 4.69. The molecule has 0 saturated carbocycles. The van der Waals surface area contributed by atoms with E-state index < -0.39 is 0 Å². The zero-order valence-electron chi connectivity index (χ0n) is 9.50. The number of halogens is 2. The number of aryl methyl sites for hydroxylation is 1. The monoisotopic (exact) mass is 286 g/mol. The second kappa shape index (κ2) is 4.84. The first-order chi connectivity index (χ1) is 8.00. The van der Waals surface area contributed by atoms with Gasteiger partial charge in [0.05, 0.1) is 15.7 Å². The van der Waals surface area contributed by atoms with Crippen molar-refractivity contribution in [2.45, 2.75) is 19.8 Å². The highest BCUT2D eigenvalue weighted by Gasteiger charge is 2.18. The van der Waals surface area contributed by atoms with Gasteiger partial charge in [0.1, 0.15) is 0 Å². The Bertz CT molecular complexity index is 551. The zero-order valence-corrected chi connectivity index (χ0v) is 11.8. The molecule has 2 rings (SSSR count). The molecule has 2 N–H and O–H groups in total. The Morgan fingerprint density at radius 1 is 1.35 bits per heavy atom. The third-order valence-electron chi connectivity index (χ3n) is 2.69. The standard InChI is InChI=1S/C12H12Cl2N2S/c1-6(11-7(2)16-12(15)17-11)8-4-3-5-9(13)10(8)14/h3-6H,1-2H3,(H2,15,16). The Labute approximate surface area is 114 Å². The number of nitrogens with two attached hydrogens (primary N) is 1. The number of nitrogen functional groups attached to an aromatic ring is 1. The lowest BCUT2D eigenvalue weighted by Gasteiger charge is -2.13. The second-order valence-corrected chi connectivity index (χ2v) is 5.71. The van der Waals surface area contributed by atoms with E-state index in [1.54, 1.807) is 6.07 Å². The molecule has 1 aromatic carbocycles. The van der Waals surface area contributed by atoms with Gasteiger partial charge in [0.25, 0.3) is 0 Å². The molecule has 0 radical (unpaired) electrons. The van der Waals surface area contributed by atoms with Crippen molar-refractivity contribution in [2.75, 3.05) is 5.73 Å². The largest absolute Gasteiger partial charge is 0.375 e. The Morgan fingerprint density at radius 2 is 2.06 bits per heavy atom. The molecule has 17 heavy (non-hydrogen) atoms. The van der Waals surface area contributed by atoms with Crippen LogP contribution in [0.3, 0.4) is 0 Å². The van der Waals surface area contributed by atoms with Crippen molar-refractivity contribution in [1.82, 2.24) is 4.98 Å². The minimum absolute atomic E-state index is 0.149. The van der Waals surface area contributed by atoms with Crippen molar-refractivity contribution in [3.63, 3.8) is 0 Å². The van der Waals surface area contributed by atoms with E-state index in [0.717, 1.165) is 16.1 Å². The lowest BCUT2D eigenvalue weighted by molar-refractivity contribution is 0.927. The molecule has 0 saturated heterocycles. The molecule has 1 aromatic heterocycles. The van der Waals surface area contributed by atoms with Crippen LogP contribution in [0.2, 0.25) is 10.0 Å². The summed E-state index contributed by atoms with van der Waals surface area (Å²) in [6, 6.07) is 5.67. The van der Waals surface area contributed by atoms with E-state index >= 15 is 0 Å². The molecule has 0 fully saturated rings. The first kappa shape index (κ1) is 12.7. The van der Waals surface area contributed by atoms with E-state index in [1.165, 1.54) is 11.3 Å². The molecule has 0 aliphatic heterocycles. The van der Waals surface area contributed by atoms with Crippen LogP contribution in [0.15, 0.2) is 18.2 Å². The zero-order chi connectivity index (χ0) is 12.6. The van der Waals surface area contributed by atoms with E-state index in [1.807, 2.05) is 19.1 Å². The number of nitrogens with zero attached hydrogens (tertiary/aromatic N) is 1. The Hall–Kier alpha value is -0.770. The van der Waals surface area contributed by atoms with Crippen LogP contribution in [-0.4, -0.2) is 4.98 Å². The Balaban J connectivity index is 2.47. The summed E-state index contributed by atoms with van der Waals surface area (Å²) in [6.07, 6.45) is 0. The molecule has 1 unspecified atom stereocenters. The van der Waals surface area contributed by atoms with E-state index in [0.29, 0.717) is 15.2 Å². The van der Waals surface area contributed by atoms with Crippen LogP contribution in [0.5, 0.6) is 0 Å². The van der Waals surface area contributed by atoms with Crippen molar-refractivity contribution in [3.8, 4) is 0 Å². The first-order valence-electron chi connectivity index (χ1n) is 5.17. The molecule has 5 heteroatoms. The summed E-state index contributed by atoms with van der Waals surface area (Å²) in [6.45, 7) is 4.04. The van der Waals surface area contributed by atoms with Crippen LogP contribution in [0, 0.1) is 6.92 Å². The van der Waals surface area contributed by atoms with E-state index in [4.69, 9.17) is 28.9 Å². The van der Waals surface area contributed by atoms with Gasteiger partial charge < -0.3 is 5.73 Å². The predicted molar refractivity (Wildman–Crippen MR) is 75.2 cm³/mol. The summed E-state index contributed by atoms with van der Waals surface area (Å²) in [5.74, 6) is 0.149. The van der Waals surface area contributed by atoms with Crippen molar-refractivity contribution >= 4 is 39.7 Å². The highest BCUT2D eigenvalue weighted by Crippen LogP contribution is 2.38. The lowest BCUT2D eigenvalue weighted by atomic mass is 9.98. The number of benzene rings is 1. The van der Waals surface area contributed by atoms with E-state index in [-0.39, 0.29) is 5.92 Å². The van der Waals surface area contributed by atoms with Gasteiger partial charge in [-0.25, -0.2) is 4.98 Å². The van der Waals surface area contributed by atoms with Gasteiger partial charge in [-0.05, 0) is 18.6 Å². The van der Waals surface area contributed by atoms with Crippen LogP contribution in [0.1, 0.15) is 29.0 Å². The van der Waals surface area contributed by atoms with Gasteiger partial charge in [-0.3, -0.25) is 0 Å². The number of hydrogen-bond acceptors (Lipinski definition) is 3. The maximum Gasteiger partial charge on any atom is 0.180 e. The molecule has 1 atom stereocenters. The maximum atomic E-state index is 6.22. The van der Waals surface area contributed by atoms with Crippen LogP contribution in [0.25, 0.3) is 0 Å². The average Bonchev–Trinajstić information content (AvgIpc) is 2.61. The number of thiazole rings is 1. The summed E-state index contributed by atoms with van der Waals surface area (Å²) < 4.78 is 0. The molecule has 0 aliphatic rings. The minimum atomic E-state index is 0.149. The van der Waals surface area contributed by atoms with Crippen LogP contribution < -0.4 is 5.73 Å². The van der Waals surface area contributed by atoms with Crippen molar-refractivity contribution in [3.05, 3.63) is 44.4 Å². The first-order valence-corrected chi connectivity index (χ1v) is 6.74. The highest BCUT2D eigenvalue weighted by molar-refractivity contribution is 7.15. The molecule has 2 aromatic rings. The van der Waals surface area contributed by atoms with E-state index in [9.17, 15) is 0 Å². The molecule has 0 spiro atoms. The normalized spacial score (nSPS) is 12.7. The minimum Gasteiger partial charge on any atom is -0.375 e. The summed E-state index contributed by atoms with van der Waals surface area (Å²) in [5, 5.41) is 1.77. The van der Waals surface area contributed by atoms with Gasteiger partial charge in [-0.2, -0.15) is 0 Å².